The number of pyridine rings is 1. The van der Waals surface area contributed by atoms with Crippen molar-refractivity contribution in [3.8, 4) is 0 Å². The van der Waals surface area contributed by atoms with Crippen molar-refractivity contribution >= 4 is 23.4 Å². The summed E-state index contributed by atoms with van der Waals surface area (Å²) in [6.07, 6.45) is 6.74. The van der Waals surface area contributed by atoms with Crippen LogP contribution in [0, 0.1) is 12.8 Å². The van der Waals surface area contributed by atoms with E-state index in [4.69, 9.17) is 5.73 Å². The van der Waals surface area contributed by atoms with E-state index in [0.29, 0.717) is 5.69 Å². The predicted octanol–water partition coefficient (Wildman–Crippen LogP) is 1.83. The maximum atomic E-state index is 12.1. The van der Waals surface area contributed by atoms with Crippen LogP contribution in [0.25, 0.3) is 0 Å². The van der Waals surface area contributed by atoms with Crippen molar-refractivity contribution in [3.63, 3.8) is 0 Å². The van der Waals surface area contributed by atoms with Crippen molar-refractivity contribution in [1.82, 2.24) is 19.7 Å². The number of amides is 1. The van der Waals surface area contributed by atoms with Crippen LogP contribution >= 0.6 is 0 Å². The Morgan fingerprint density at radius 3 is 2.96 bits per heavy atom. The van der Waals surface area contributed by atoms with Crippen molar-refractivity contribution in [2.45, 2.75) is 39.7 Å². The minimum absolute atomic E-state index is 0.0247. The van der Waals surface area contributed by atoms with Gasteiger partial charge in [0, 0.05) is 13.1 Å². The van der Waals surface area contributed by atoms with Crippen LogP contribution in [0.5, 0.6) is 0 Å². The molecule has 25 heavy (non-hydrogen) atoms. The highest BCUT2D eigenvalue weighted by Gasteiger charge is 2.21. The molecule has 1 amide bonds. The number of hydrogen-bond acceptors (Lipinski definition) is 6. The molecule has 3 rings (SSSR count). The Morgan fingerprint density at radius 1 is 1.44 bits per heavy atom. The van der Waals surface area contributed by atoms with E-state index in [1.165, 1.54) is 30.3 Å². The van der Waals surface area contributed by atoms with E-state index >= 15 is 0 Å². The number of rotatable bonds is 5. The van der Waals surface area contributed by atoms with Gasteiger partial charge in [0.2, 0.25) is 11.9 Å². The average Bonchev–Trinajstić information content (AvgIpc) is 2.99. The maximum absolute atomic E-state index is 12.1. The normalized spacial score (nSPS) is 17.5. The van der Waals surface area contributed by atoms with Crippen molar-refractivity contribution in [1.29, 1.82) is 0 Å². The van der Waals surface area contributed by atoms with Gasteiger partial charge in [0.15, 0.2) is 0 Å². The van der Waals surface area contributed by atoms with Gasteiger partial charge in [0.05, 0.1) is 11.9 Å². The molecule has 134 valence electrons. The highest BCUT2D eigenvalue weighted by Crippen LogP contribution is 2.27. The lowest BCUT2D eigenvalue weighted by atomic mass is 9.95. The molecule has 0 bridgehead atoms. The molecule has 2 aromatic heterocycles. The lowest BCUT2D eigenvalue weighted by Gasteiger charge is -2.34. The topological polar surface area (TPSA) is 102 Å². The number of nitrogens with one attached hydrogen (secondary N) is 1. The summed E-state index contributed by atoms with van der Waals surface area (Å²) >= 11 is 0. The number of nitrogens with zero attached hydrogens (tertiary/aromatic N) is 5. The van der Waals surface area contributed by atoms with Gasteiger partial charge in [0.25, 0.3) is 0 Å². The monoisotopic (exact) mass is 343 g/mol. The van der Waals surface area contributed by atoms with Crippen LogP contribution in [0.4, 0.5) is 17.5 Å². The first kappa shape index (κ1) is 17.2. The van der Waals surface area contributed by atoms with Gasteiger partial charge < -0.3 is 16.0 Å². The molecule has 1 aliphatic heterocycles. The van der Waals surface area contributed by atoms with Crippen LogP contribution < -0.4 is 16.0 Å². The van der Waals surface area contributed by atoms with E-state index in [2.05, 4.69) is 32.2 Å². The SMILES string of the molecule is CCC1CCCN(c2ncc(NC(=O)Cn3ncnc3N)cc2C)C1. The maximum Gasteiger partial charge on any atom is 0.246 e. The fourth-order valence-electron chi connectivity index (χ4n) is 3.29. The molecular formula is C17H25N7O. The summed E-state index contributed by atoms with van der Waals surface area (Å²) in [6, 6.07) is 1.96. The zero-order valence-corrected chi connectivity index (χ0v) is 14.8. The van der Waals surface area contributed by atoms with Gasteiger partial charge in [-0.3, -0.25) is 4.79 Å². The molecule has 1 fully saturated rings. The molecule has 1 aliphatic rings. The summed E-state index contributed by atoms with van der Waals surface area (Å²) in [5, 5.41) is 6.74. The second-order valence-electron chi connectivity index (χ2n) is 6.55. The molecule has 8 heteroatoms. The predicted molar refractivity (Wildman–Crippen MR) is 97.3 cm³/mol. The molecule has 0 saturated carbocycles. The van der Waals surface area contributed by atoms with E-state index in [1.807, 2.05) is 13.0 Å². The Morgan fingerprint density at radius 2 is 2.28 bits per heavy atom. The van der Waals surface area contributed by atoms with Gasteiger partial charge in [-0.15, -0.1) is 0 Å². The summed E-state index contributed by atoms with van der Waals surface area (Å²) in [5.74, 6) is 1.75. The fourth-order valence-corrected chi connectivity index (χ4v) is 3.29. The summed E-state index contributed by atoms with van der Waals surface area (Å²) in [5.41, 5.74) is 7.36. The molecule has 0 spiro atoms. The van der Waals surface area contributed by atoms with Gasteiger partial charge in [-0.2, -0.15) is 5.10 Å². The zero-order chi connectivity index (χ0) is 17.8. The fraction of sp³-hybridized carbons (Fsp3) is 0.529. The standard InChI is InChI=1S/C17H25N7O/c1-3-13-5-4-6-23(9-13)16-12(2)7-14(8-19-16)22-15(25)10-24-17(18)20-11-21-24/h7-8,11,13H,3-6,9-10H2,1-2H3,(H,22,25)(H2,18,20,21). The third-order valence-electron chi connectivity index (χ3n) is 4.67. The largest absolute Gasteiger partial charge is 0.368 e. The molecule has 3 heterocycles. The van der Waals surface area contributed by atoms with Crippen molar-refractivity contribution in [2.75, 3.05) is 29.0 Å². The van der Waals surface area contributed by atoms with Crippen LogP contribution in [0.15, 0.2) is 18.6 Å². The van der Waals surface area contributed by atoms with E-state index in [1.54, 1.807) is 6.20 Å². The number of carbonyl (C=O) groups excluding carboxylic acids is 1. The van der Waals surface area contributed by atoms with E-state index in [9.17, 15) is 4.79 Å². The number of piperidine rings is 1. The van der Waals surface area contributed by atoms with Gasteiger partial charge in [-0.25, -0.2) is 14.6 Å². The second-order valence-corrected chi connectivity index (χ2v) is 6.55. The van der Waals surface area contributed by atoms with Crippen LogP contribution in [0.1, 0.15) is 31.7 Å². The summed E-state index contributed by atoms with van der Waals surface area (Å²) in [7, 11) is 0. The van der Waals surface area contributed by atoms with Crippen LogP contribution in [-0.2, 0) is 11.3 Å². The lowest BCUT2D eigenvalue weighted by Crippen LogP contribution is -2.36. The number of hydrogen-bond donors (Lipinski definition) is 2. The minimum atomic E-state index is -0.213. The van der Waals surface area contributed by atoms with E-state index in [0.717, 1.165) is 30.4 Å². The Bertz CT molecular complexity index is 742. The quantitative estimate of drug-likeness (QED) is 0.859. The Labute approximate surface area is 147 Å². The highest BCUT2D eigenvalue weighted by atomic mass is 16.2. The molecule has 0 radical (unpaired) electrons. The van der Waals surface area contributed by atoms with Crippen molar-refractivity contribution < 1.29 is 4.79 Å². The molecule has 0 aromatic carbocycles. The molecule has 3 N–H and O–H groups in total. The number of anilines is 3. The van der Waals surface area contributed by atoms with Crippen molar-refractivity contribution in [3.05, 3.63) is 24.2 Å². The Hall–Kier alpha value is -2.64. The first-order valence-electron chi connectivity index (χ1n) is 8.71. The number of nitrogen functional groups attached to an aromatic ring is 1. The summed E-state index contributed by atoms with van der Waals surface area (Å²) < 4.78 is 1.35. The van der Waals surface area contributed by atoms with Crippen molar-refractivity contribution in [2.24, 2.45) is 5.92 Å². The summed E-state index contributed by atoms with van der Waals surface area (Å²) in [4.78, 5) is 22.9. The highest BCUT2D eigenvalue weighted by molar-refractivity contribution is 5.90. The molecule has 1 unspecified atom stereocenters. The summed E-state index contributed by atoms with van der Waals surface area (Å²) in [6.45, 7) is 6.40. The minimum Gasteiger partial charge on any atom is -0.368 e. The Kier molecular flexibility index (Phi) is 5.16. The van der Waals surface area contributed by atoms with E-state index in [-0.39, 0.29) is 18.4 Å². The Balaban J connectivity index is 1.65. The molecule has 1 atom stereocenters. The van der Waals surface area contributed by atoms with Gasteiger partial charge in [0.1, 0.15) is 18.7 Å². The number of aromatic nitrogens is 4. The lowest BCUT2D eigenvalue weighted by molar-refractivity contribution is -0.116. The molecule has 1 saturated heterocycles. The number of nitrogens with two attached hydrogens (primary N) is 1. The molecule has 0 aliphatic carbocycles. The molecular weight excluding hydrogens is 318 g/mol. The van der Waals surface area contributed by atoms with Gasteiger partial charge in [-0.05, 0) is 37.3 Å². The number of aryl methyl sites for hydroxylation is 1. The third-order valence-corrected chi connectivity index (χ3v) is 4.67. The van der Waals surface area contributed by atoms with Crippen LogP contribution in [0.2, 0.25) is 0 Å². The first-order valence-corrected chi connectivity index (χ1v) is 8.71. The van der Waals surface area contributed by atoms with Crippen LogP contribution in [0.3, 0.4) is 0 Å². The van der Waals surface area contributed by atoms with Crippen LogP contribution in [-0.4, -0.2) is 38.7 Å². The van der Waals surface area contributed by atoms with E-state index < -0.39 is 0 Å². The average molecular weight is 343 g/mol. The van der Waals surface area contributed by atoms with Gasteiger partial charge in [-0.1, -0.05) is 13.3 Å². The first-order chi connectivity index (χ1) is 12.1. The number of carbonyl (C=O) groups is 1. The third kappa shape index (κ3) is 4.07. The second kappa shape index (κ2) is 7.50. The van der Waals surface area contributed by atoms with Gasteiger partial charge >= 0.3 is 0 Å². The molecule has 2 aromatic rings. The smallest absolute Gasteiger partial charge is 0.246 e. The molecule has 8 nitrogen and oxygen atoms in total. The zero-order valence-electron chi connectivity index (χ0n) is 14.8.